The fraction of sp³-hybridized carbons (Fsp3) is 0.333. The maximum absolute atomic E-state index is 5.50. The Balaban J connectivity index is 1.67. The van der Waals surface area contributed by atoms with Crippen LogP contribution in [0.3, 0.4) is 0 Å². The standard InChI is InChI=1S/C18H20BrNO/c1-12-8-15(19)11-17(21-2)18(12)20-16-9-14(10-16)13-6-4-3-5-7-13/h3-8,11,14,16,20H,9-10H2,1-2H3. The summed E-state index contributed by atoms with van der Waals surface area (Å²) in [4.78, 5) is 0. The molecule has 0 spiro atoms. The minimum Gasteiger partial charge on any atom is -0.495 e. The molecule has 0 aliphatic heterocycles. The molecule has 0 heterocycles. The molecule has 2 aromatic carbocycles. The van der Waals surface area contributed by atoms with Crippen LogP contribution in [0.1, 0.15) is 29.9 Å². The Bertz CT molecular complexity index is 621. The zero-order valence-corrected chi connectivity index (χ0v) is 14.0. The number of hydrogen-bond donors (Lipinski definition) is 1. The van der Waals surface area contributed by atoms with E-state index in [9.17, 15) is 0 Å². The third kappa shape index (κ3) is 3.08. The van der Waals surface area contributed by atoms with Crippen molar-refractivity contribution in [3.8, 4) is 5.75 Å². The third-order valence-electron chi connectivity index (χ3n) is 4.24. The molecule has 2 nitrogen and oxygen atoms in total. The molecule has 0 aromatic heterocycles. The maximum atomic E-state index is 5.50. The number of anilines is 1. The minimum absolute atomic E-state index is 0.531. The molecule has 0 saturated heterocycles. The molecular weight excluding hydrogens is 326 g/mol. The smallest absolute Gasteiger partial charge is 0.143 e. The molecule has 21 heavy (non-hydrogen) atoms. The second-order valence-corrected chi connectivity index (χ2v) is 6.64. The summed E-state index contributed by atoms with van der Waals surface area (Å²) < 4.78 is 6.55. The summed E-state index contributed by atoms with van der Waals surface area (Å²) >= 11 is 3.52. The number of nitrogens with one attached hydrogen (secondary N) is 1. The lowest BCUT2D eigenvalue weighted by Crippen LogP contribution is -2.34. The molecule has 110 valence electrons. The largest absolute Gasteiger partial charge is 0.495 e. The number of methoxy groups -OCH3 is 1. The number of ether oxygens (including phenoxy) is 1. The second kappa shape index (κ2) is 6.10. The van der Waals surface area contributed by atoms with E-state index < -0.39 is 0 Å². The van der Waals surface area contributed by atoms with E-state index in [4.69, 9.17) is 4.74 Å². The van der Waals surface area contributed by atoms with E-state index in [0.29, 0.717) is 12.0 Å². The Morgan fingerprint density at radius 3 is 2.52 bits per heavy atom. The van der Waals surface area contributed by atoms with Crippen molar-refractivity contribution in [2.75, 3.05) is 12.4 Å². The molecule has 3 rings (SSSR count). The van der Waals surface area contributed by atoms with E-state index in [2.05, 4.69) is 64.6 Å². The van der Waals surface area contributed by atoms with Crippen molar-refractivity contribution < 1.29 is 4.74 Å². The first-order chi connectivity index (χ1) is 10.2. The lowest BCUT2D eigenvalue weighted by Gasteiger charge is -2.37. The summed E-state index contributed by atoms with van der Waals surface area (Å²) in [6.07, 6.45) is 2.37. The van der Waals surface area contributed by atoms with Crippen LogP contribution in [0.4, 0.5) is 5.69 Å². The predicted octanol–water partition coefficient (Wildman–Crippen LogP) is 5.12. The lowest BCUT2D eigenvalue weighted by molar-refractivity contribution is 0.370. The summed E-state index contributed by atoms with van der Waals surface area (Å²) in [5.41, 5.74) is 3.79. The highest BCUT2D eigenvalue weighted by Crippen LogP contribution is 2.41. The molecule has 0 amide bonds. The number of aryl methyl sites for hydroxylation is 1. The Morgan fingerprint density at radius 2 is 1.86 bits per heavy atom. The Hall–Kier alpha value is -1.48. The average Bonchev–Trinajstić information content (AvgIpc) is 2.44. The van der Waals surface area contributed by atoms with Crippen molar-refractivity contribution >= 4 is 21.6 Å². The molecule has 0 radical (unpaired) electrons. The van der Waals surface area contributed by atoms with Crippen LogP contribution in [0.5, 0.6) is 5.75 Å². The van der Waals surface area contributed by atoms with Gasteiger partial charge in [-0.25, -0.2) is 0 Å². The van der Waals surface area contributed by atoms with Gasteiger partial charge in [0.2, 0.25) is 0 Å². The highest BCUT2D eigenvalue weighted by Gasteiger charge is 2.30. The predicted molar refractivity (Wildman–Crippen MR) is 91.3 cm³/mol. The quantitative estimate of drug-likeness (QED) is 0.829. The van der Waals surface area contributed by atoms with Crippen LogP contribution in [-0.4, -0.2) is 13.2 Å². The van der Waals surface area contributed by atoms with Crippen molar-refractivity contribution in [1.29, 1.82) is 0 Å². The van der Waals surface area contributed by atoms with E-state index in [-0.39, 0.29) is 0 Å². The molecule has 0 atom stereocenters. The SMILES string of the molecule is COc1cc(Br)cc(C)c1NC1CC(c2ccccc2)C1. The van der Waals surface area contributed by atoms with Crippen molar-refractivity contribution in [1.82, 2.24) is 0 Å². The number of rotatable bonds is 4. The van der Waals surface area contributed by atoms with Crippen molar-refractivity contribution in [3.63, 3.8) is 0 Å². The highest BCUT2D eigenvalue weighted by atomic mass is 79.9. The highest BCUT2D eigenvalue weighted by molar-refractivity contribution is 9.10. The molecule has 1 fully saturated rings. The van der Waals surface area contributed by atoms with Gasteiger partial charge in [0.25, 0.3) is 0 Å². The van der Waals surface area contributed by atoms with E-state index in [0.717, 1.165) is 15.9 Å². The fourth-order valence-electron chi connectivity index (χ4n) is 3.00. The zero-order valence-electron chi connectivity index (χ0n) is 12.4. The zero-order chi connectivity index (χ0) is 14.8. The van der Waals surface area contributed by atoms with Gasteiger partial charge in [-0.2, -0.15) is 0 Å². The molecule has 1 saturated carbocycles. The van der Waals surface area contributed by atoms with Gasteiger partial charge in [-0.1, -0.05) is 46.3 Å². The van der Waals surface area contributed by atoms with Gasteiger partial charge in [0.05, 0.1) is 12.8 Å². The molecule has 1 aliphatic carbocycles. The lowest BCUT2D eigenvalue weighted by atomic mass is 9.76. The molecule has 1 N–H and O–H groups in total. The molecule has 3 heteroatoms. The second-order valence-electron chi connectivity index (χ2n) is 5.72. The third-order valence-corrected chi connectivity index (χ3v) is 4.70. The van der Waals surface area contributed by atoms with E-state index in [1.165, 1.54) is 24.0 Å². The van der Waals surface area contributed by atoms with Gasteiger partial charge >= 0.3 is 0 Å². The van der Waals surface area contributed by atoms with Gasteiger partial charge in [-0.15, -0.1) is 0 Å². The summed E-state index contributed by atoms with van der Waals surface area (Å²) in [5, 5.41) is 3.65. The van der Waals surface area contributed by atoms with E-state index >= 15 is 0 Å². The number of benzene rings is 2. The summed E-state index contributed by atoms with van der Waals surface area (Å²) in [6.45, 7) is 2.11. The Kier molecular flexibility index (Phi) is 4.20. The Labute approximate surface area is 134 Å². The van der Waals surface area contributed by atoms with Gasteiger partial charge in [-0.05, 0) is 48.9 Å². The van der Waals surface area contributed by atoms with Crippen LogP contribution in [0.25, 0.3) is 0 Å². The van der Waals surface area contributed by atoms with Crippen LogP contribution in [0.2, 0.25) is 0 Å². The van der Waals surface area contributed by atoms with Crippen molar-refractivity contribution in [2.45, 2.75) is 31.7 Å². The van der Waals surface area contributed by atoms with E-state index in [1.54, 1.807) is 7.11 Å². The van der Waals surface area contributed by atoms with Crippen LogP contribution >= 0.6 is 15.9 Å². The maximum Gasteiger partial charge on any atom is 0.143 e. The Morgan fingerprint density at radius 1 is 1.14 bits per heavy atom. The first-order valence-electron chi connectivity index (χ1n) is 7.33. The normalized spacial score (nSPS) is 20.7. The van der Waals surface area contributed by atoms with Gasteiger partial charge in [0.15, 0.2) is 0 Å². The van der Waals surface area contributed by atoms with Crippen LogP contribution in [0, 0.1) is 6.92 Å². The van der Waals surface area contributed by atoms with Gasteiger partial charge in [-0.3, -0.25) is 0 Å². The summed E-state index contributed by atoms with van der Waals surface area (Å²) in [5.74, 6) is 1.59. The number of halogens is 1. The van der Waals surface area contributed by atoms with E-state index in [1.807, 2.05) is 6.07 Å². The number of hydrogen-bond acceptors (Lipinski definition) is 2. The van der Waals surface area contributed by atoms with Crippen LogP contribution in [0.15, 0.2) is 46.9 Å². The molecule has 0 bridgehead atoms. The molecule has 1 aliphatic rings. The molecular formula is C18H20BrNO. The van der Waals surface area contributed by atoms with Gasteiger partial charge < -0.3 is 10.1 Å². The summed E-state index contributed by atoms with van der Waals surface area (Å²) in [7, 11) is 1.72. The van der Waals surface area contributed by atoms with Crippen LogP contribution < -0.4 is 10.1 Å². The van der Waals surface area contributed by atoms with Crippen LogP contribution in [-0.2, 0) is 0 Å². The average molecular weight is 346 g/mol. The van der Waals surface area contributed by atoms with Gasteiger partial charge in [0, 0.05) is 10.5 Å². The van der Waals surface area contributed by atoms with Crippen molar-refractivity contribution in [3.05, 3.63) is 58.1 Å². The first-order valence-corrected chi connectivity index (χ1v) is 8.12. The first kappa shape index (κ1) is 14.5. The molecule has 2 aromatic rings. The minimum atomic E-state index is 0.531. The molecule has 0 unspecified atom stereocenters. The van der Waals surface area contributed by atoms with Crippen molar-refractivity contribution in [2.24, 2.45) is 0 Å². The van der Waals surface area contributed by atoms with Gasteiger partial charge in [0.1, 0.15) is 5.75 Å². The monoisotopic (exact) mass is 345 g/mol. The topological polar surface area (TPSA) is 21.3 Å². The fourth-order valence-corrected chi connectivity index (χ4v) is 3.55. The summed E-state index contributed by atoms with van der Waals surface area (Å²) in [6, 6.07) is 15.5.